The number of hydrogen-bond acceptors (Lipinski definition) is 2. The quantitative estimate of drug-likeness (QED) is 0.0529. The van der Waals surface area contributed by atoms with E-state index >= 15 is 0 Å². The van der Waals surface area contributed by atoms with Crippen molar-refractivity contribution in [3.05, 3.63) is 309 Å². The number of ether oxygens (including phenoxy) is 1. The van der Waals surface area contributed by atoms with Gasteiger partial charge in [0.15, 0.2) is 8.07 Å². The number of hydrogen-bond donors (Lipinski definition) is 0. The Labute approximate surface area is 514 Å². The van der Waals surface area contributed by atoms with Gasteiger partial charge >= 0.3 is 0 Å². The van der Waals surface area contributed by atoms with E-state index in [9.17, 15) is 5.48 Å². The molecule has 0 aliphatic rings. The molecule has 0 amide bonds. The number of benzene rings is 11. The van der Waals surface area contributed by atoms with E-state index in [1.54, 1.807) is 27.3 Å². The minimum atomic E-state index is -3.07. The van der Waals surface area contributed by atoms with E-state index in [4.69, 9.17) is 17.9 Å². The number of nitrogens with zero attached hydrogens (tertiary/aromatic N) is 4. The van der Waals surface area contributed by atoms with Gasteiger partial charge in [0, 0.05) is 44.3 Å². The van der Waals surface area contributed by atoms with E-state index in [0.29, 0.717) is 28.2 Å². The summed E-state index contributed by atoms with van der Waals surface area (Å²) in [6.07, 6.45) is 5.42. The molecule has 7 heteroatoms. The minimum Gasteiger partial charge on any atom is -0.510 e. The first-order chi connectivity index (χ1) is 44.4. The number of fused-ring (bicyclic) bond motifs is 4. The van der Waals surface area contributed by atoms with Gasteiger partial charge in [0.05, 0.1) is 30.4 Å². The van der Waals surface area contributed by atoms with Gasteiger partial charge in [-0.1, -0.05) is 263 Å². The molecule has 0 spiro atoms. The van der Waals surface area contributed by atoms with Crippen molar-refractivity contribution in [2.75, 3.05) is 0 Å². The zero-order valence-corrected chi connectivity index (χ0v) is 48.6. The molecule has 0 atom stereocenters. The minimum absolute atomic E-state index is 0. The molecule has 83 heavy (non-hydrogen) atoms. The summed E-state index contributed by atoms with van der Waals surface area (Å²) in [4.78, 5) is 4.92. The van der Waals surface area contributed by atoms with Crippen molar-refractivity contribution in [3.8, 4) is 62.1 Å². The van der Waals surface area contributed by atoms with Crippen LogP contribution in [0.25, 0.3) is 83.4 Å². The van der Waals surface area contributed by atoms with Crippen LogP contribution in [-0.4, -0.2) is 22.2 Å². The summed E-state index contributed by atoms with van der Waals surface area (Å²) in [5.74, 6) is 1.46. The molecular formula is C76H56N4OPtSi-2. The summed E-state index contributed by atoms with van der Waals surface area (Å²) in [5, 5.41) is 6.72. The van der Waals surface area contributed by atoms with Gasteiger partial charge in [-0.05, 0) is 88.8 Å². The molecule has 0 saturated carbocycles. The molecule has 0 saturated heterocycles. The number of aromatic nitrogens is 4. The molecule has 3 aromatic heterocycles. The molecule has 0 unspecified atom stereocenters. The van der Waals surface area contributed by atoms with Gasteiger partial charge in [-0.25, -0.2) is 4.98 Å². The predicted octanol–water partition coefficient (Wildman–Crippen LogP) is 15.3. The van der Waals surface area contributed by atoms with Gasteiger partial charge in [0.2, 0.25) is 0 Å². The second-order valence-corrected chi connectivity index (χ2v) is 25.0. The van der Waals surface area contributed by atoms with Crippen LogP contribution < -0.4 is 30.1 Å². The molecule has 0 fully saturated rings. The fourth-order valence-corrected chi connectivity index (χ4v) is 16.3. The topological polar surface area (TPSA) is 35.9 Å². The first-order valence-corrected chi connectivity index (χ1v) is 29.1. The van der Waals surface area contributed by atoms with Crippen molar-refractivity contribution < 1.29 is 44.1 Å². The summed E-state index contributed by atoms with van der Waals surface area (Å²) < 4.78 is 102. The number of rotatable bonds is 12. The summed E-state index contributed by atoms with van der Waals surface area (Å²) in [7, 11) is -3.07. The molecule has 5 nitrogen and oxygen atoms in total. The molecule has 402 valence electrons. The first kappa shape index (κ1) is 42.4. The average Bonchev–Trinajstić information content (AvgIpc) is 1.67. The molecule has 14 aromatic rings. The second-order valence-electron chi connectivity index (χ2n) is 21.2. The van der Waals surface area contributed by atoms with Crippen molar-refractivity contribution in [2.24, 2.45) is 0 Å². The Morgan fingerprint density at radius 2 is 1.07 bits per heavy atom. The van der Waals surface area contributed by atoms with Crippen LogP contribution >= 0.6 is 0 Å². The maximum absolute atomic E-state index is 9.29. The first-order valence-electron chi connectivity index (χ1n) is 32.1. The van der Waals surface area contributed by atoms with Crippen molar-refractivity contribution in [1.29, 1.82) is 0 Å². The van der Waals surface area contributed by atoms with Crippen molar-refractivity contribution in [1.82, 2.24) is 14.1 Å². The van der Waals surface area contributed by atoms with Crippen LogP contribution in [0.2, 0.25) is 0 Å². The second kappa shape index (κ2) is 22.1. The third-order valence-corrected chi connectivity index (χ3v) is 20.1. The molecule has 0 radical (unpaired) electrons. The summed E-state index contributed by atoms with van der Waals surface area (Å²) in [5.41, 5.74) is 5.92. The van der Waals surface area contributed by atoms with Crippen LogP contribution in [0.4, 0.5) is 0 Å². The Morgan fingerprint density at radius 3 is 1.71 bits per heavy atom. The van der Waals surface area contributed by atoms with Gasteiger partial charge in [-0.3, -0.25) is 4.57 Å². The third-order valence-electron chi connectivity index (χ3n) is 15.3. The van der Waals surface area contributed by atoms with E-state index in [1.165, 1.54) is 15.6 Å². The summed E-state index contributed by atoms with van der Waals surface area (Å²) in [6.45, 7) is 6.54. The Kier molecular flexibility index (Phi) is 11.3. The fourth-order valence-electron chi connectivity index (χ4n) is 11.5. The summed E-state index contributed by atoms with van der Waals surface area (Å²) >= 11 is 0. The van der Waals surface area contributed by atoms with Crippen LogP contribution in [0.15, 0.2) is 285 Å². The third kappa shape index (κ3) is 9.64. The molecule has 0 bridgehead atoms. The van der Waals surface area contributed by atoms with Gasteiger partial charge in [0.25, 0.3) is 6.33 Å². The molecule has 3 heterocycles. The van der Waals surface area contributed by atoms with Crippen LogP contribution in [0.3, 0.4) is 0 Å². The molecule has 0 aliphatic heterocycles. The van der Waals surface area contributed by atoms with E-state index < -0.39 is 68.5 Å². The fraction of sp³-hybridized carbons (Fsp3) is 0.0526. The van der Waals surface area contributed by atoms with E-state index in [-0.39, 0.29) is 54.4 Å². The maximum Gasteiger partial charge on any atom is 0.268 e. The normalized spacial score (nSPS) is 13.4. The molecule has 0 N–H and O–H groups in total. The monoisotopic (exact) mass is 1270 g/mol. The van der Waals surface area contributed by atoms with E-state index in [0.717, 1.165) is 49.5 Å². The van der Waals surface area contributed by atoms with Crippen LogP contribution in [0, 0.1) is 18.5 Å². The Hall–Kier alpha value is -9.45. The standard InChI is InChI=1S/C76H56N4OSi.Pt/c1-76(2,3)58-45-46-77-74(50-58)80-70-40-20-19-37-68(70)69-44-43-60(52-73(69)80)81-61-48-57(56-29-23-36-65(49-56)82(62-30-13-6-14-31-62,63-32-15-7-16-33-63)64-34-17-8-18-35-64)47-59(51-61)78-53-79(72-42-22-21-41-71(72)78)75-66(54-25-9-4-10-26-54)38-24-39-67(75)55-27-11-5-12-28-55;/h4-50H,1-3H3;/q-2;/i4D,5D,9D,10D,11D,12D,25D,26D,27D,28D;. The van der Waals surface area contributed by atoms with E-state index in [1.807, 2.05) is 91.1 Å². The molecule has 14 rings (SSSR count). The van der Waals surface area contributed by atoms with Crippen LogP contribution in [0.5, 0.6) is 11.5 Å². The van der Waals surface area contributed by atoms with Gasteiger partial charge in [-0.15, -0.1) is 35.2 Å². The smallest absolute Gasteiger partial charge is 0.268 e. The Morgan fingerprint density at radius 1 is 0.494 bits per heavy atom. The number of para-hydroxylation sites is 4. The van der Waals surface area contributed by atoms with Gasteiger partial charge in [-0.2, -0.15) is 12.1 Å². The zero-order valence-electron chi connectivity index (χ0n) is 55.4. The van der Waals surface area contributed by atoms with Gasteiger partial charge in [0.1, 0.15) is 5.82 Å². The predicted molar refractivity (Wildman–Crippen MR) is 339 cm³/mol. The molecule has 0 aliphatic carbocycles. The van der Waals surface area contributed by atoms with Crippen molar-refractivity contribution >= 4 is 61.7 Å². The molecule has 11 aromatic carbocycles. The van der Waals surface area contributed by atoms with E-state index in [2.05, 4.69) is 159 Å². The zero-order chi connectivity index (χ0) is 63.9. The largest absolute Gasteiger partial charge is 0.510 e. The Bertz CT molecular complexity index is 5030. The SMILES string of the molecule is [2H]c1c([2H])c([2H])c(-c2cccc(-c3c([2H])c([2H])c([2H])c([2H])c3[2H])c2-[n+]2[c-]n(-c3[c-]c(Oc4[c-]c5c(cc4)c4ccccc4n5-c4cc(C(C)(C)C)ccn4)cc(-c4cccc([Si](c5ccccc5)(c5ccccc5)c5ccccc5)c4)c3)c3ccccc32)c([2H])c1[2H].[Pt]. The summed E-state index contributed by atoms with van der Waals surface area (Å²) in [6, 6.07) is 75.2. The van der Waals surface area contributed by atoms with Crippen molar-refractivity contribution in [3.63, 3.8) is 0 Å². The maximum atomic E-state index is 9.29. The Balaban J connectivity index is 0.00000787. The van der Waals surface area contributed by atoms with Crippen LogP contribution in [0.1, 0.15) is 40.0 Å². The van der Waals surface area contributed by atoms with Crippen LogP contribution in [-0.2, 0) is 26.5 Å². The van der Waals surface area contributed by atoms with Crippen molar-refractivity contribution in [2.45, 2.75) is 26.2 Å². The average molecular weight is 1270 g/mol. The number of imidazole rings is 1. The molecular weight excluding hydrogens is 1210 g/mol. The van der Waals surface area contributed by atoms with Gasteiger partial charge < -0.3 is 13.9 Å². The number of pyridine rings is 1.